The van der Waals surface area contributed by atoms with Gasteiger partial charge in [-0.1, -0.05) is 18.6 Å². The van der Waals surface area contributed by atoms with E-state index in [1.54, 1.807) is 6.07 Å². The average molecular weight is 307 g/mol. The minimum absolute atomic E-state index is 0.221. The van der Waals surface area contributed by atoms with Crippen molar-refractivity contribution in [2.45, 2.75) is 31.8 Å². The fourth-order valence-electron chi connectivity index (χ4n) is 2.72. The van der Waals surface area contributed by atoms with E-state index < -0.39 is 10.0 Å². The number of nitriles is 1. The van der Waals surface area contributed by atoms with Gasteiger partial charge in [0.2, 0.25) is 10.0 Å². The Morgan fingerprint density at radius 3 is 2.95 bits per heavy atom. The zero-order valence-electron chi connectivity index (χ0n) is 12.2. The van der Waals surface area contributed by atoms with Crippen LogP contribution >= 0.6 is 0 Å². The lowest BCUT2D eigenvalue weighted by molar-refractivity contribution is 0.142. The molecule has 0 radical (unpaired) electrons. The molecule has 21 heavy (non-hydrogen) atoms. The van der Waals surface area contributed by atoms with Crippen molar-refractivity contribution in [1.29, 1.82) is 5.26 Å². The van der Waals surface area contributed by atoms with E-state index in [0.29, 0.717) is 12.1 Å². The Labute approximate surface area is 126 Å². The third-order valence-corrected chi connectivity index (χ3v) is 4.46. The molecule has 0 saturated carbocycles. The van der Waals surface area contributed by atoms with Crippen molar-refractivity contribution < 1.29 is 8.42 Å². The van der Waals surface area contributed by atoms with Crippen molar-refractivity contribution in [3.63, 3.8) is 0 Å². The van der Waals surface area contributed by atoms with Crippen LogP contribution in [0.2, 0.25) is 0 Å². The molecule has 1 aliphatic heterocycles. The van der Waals surface area contributed by atoms with Gasteiger partial charge in [-0.3, -0.25) is 4.90 Å². The van der Waals surface area contributed by atoms with Crippen LogP contribution in [-0.2, 0) is 16.6 Å². The molecule has 2 rings (SSSR count). The third-order valence-electron chi connectivity index (χ3n) is 3.77. The fourth-order valence-corrected chi connectivity index (χ4v) is 3.22. The topological polar surface area (TPSA) is 73.2 Å². The molecular weight excluding hydrogens is 286 g/mol. The Balaban J connectivity index is 2.03. The number of sulfonamides is 1. The maximum Gasteiger partial charge on any atom is 0.208 e. The highest BCUT2D eigenvalue weighted by atomic mass is 32.2. The molecular formula is C15H21N3O2S. The van der Waals surface area contributed by atoms with Crippen molar-refractivity contribution in [2.75, 3.05) is 19.3 Å². The second-order valence-electron chi connectivity index (χ2n) is 5.55. The number of rotatable bonds is 5. The Morgan fingerprint density at radius 2 is 2.24 bits per heavy atom. The van der Waals surface area contributed by atoms with Gasteiger partial charge in [-0.05, 0) is 37.1 Å². The third kappa shape index (κ3) is 5.12. The molecule has 114 valence electrons. The predicted octanol–water partition coefficient (Wildman–Crippen LogP) is 1.46. The number of likely N-dealkylation sites (tertiary alicyclic amines) is 1. The maximum absolute atomic E-state index is 11.3. The summed E-state index contributed by atoms with van der Waals surface area (Å²) in [4.78, 5) is 2.30. The maximum atomic E-state index is 11.3. The van der Waals surface area contributed by atoms with Crippen LogP contribution in [0, 0.1) is 11.3 Å². The highest BCUT2D eigenvalue weighted by Gasteiger charge is 2.23. The lowest BCUT2D eigenvalue weighted by atomic mass is 10.0. The lowest BCUT2D eigenvalue weighted by Gasteiger charge is -2.35. The first-order chi connectivity index (χ1) is 9.98. The van der Waals surface area contributed by atoms with Crippen LogP contribution < -0.4 is 4.72 Å². The molecule has 1 atom stereocenters. The van der Waals surface area contributed by atoms with Gasteiger partial charge in [-0.15, -0.1) is 0 Å². The number of benzene rings is 1. The summed E-state index contributed by atoms with van der Waals surface area (Å²) in [7, 11) is -3.15. The lowest BCUT2D eigenvalue weighted by Crippen LogP contribution is -2.46. The van der Waals surface area contributed by atoms with Gasteiger partial charge in [0.1, 0.15) is 0 Å². The van der Waals surface area contributed by atoms with Crippen LogP contribution in [0.1, 0.15) is 30.4 Å². The summed E-state index contributed by atoms with van der Waals surface area (Å²) in [6, 6.07) is 9.97. The van der Waals surface area contributed by atoms with E-state index in [2.05, 4.69) is 15.7 Å². The summed E-state index contributed by atoms with van der Waals surface area (Å²) < 4.78 is 25.1. The quantitative estimate of drug-likeness (QED) is 0.894. The minimum Gasteiger partial charge on any atom is -0.295 e. The summed E-state index contributed by atoms with van der Waals surface area (Å²) >= 11 is 0. The zero-order valence-corrected chi connectivity index (χ0v) is 13.1. The van der Waals surface area contributed by atoms with E-state index in [0.717, 1.165) is 37.9 Å². The molecule has 1 saturated heterocycles. The molecule has 1 aromatic rings. The van der Waals surface area contributed by atoms with E-state index in [9.17, 15) is 8.42 Å². The van der Waals surface area contributed by atoms with Gasteiger partial charge < -0.3 is 0 Å². The van der Waals surface area contributed by atoms with Crippen molar-refractivity contribution in [2.24, 2.45) is 0 Å². The van der Waals surface area contributed by atoms with Gasteiger partial charge in [0.25, 0.3) is 0 Å². The second kappa shape index (κ2) is 7.03. The molecule has 1 aromatic carbocycles. The zero-order chi connectivity index (χ0) is 15.3. The first-order valence-corrected chi connectivity index (χ1v) is 9.05. The molecule has 1 fully saturated rings. The molecule has 0 bridgehead atoms. The number of nitrogens with zero attached hydrogens (tertiary/aromatic N) is 2. The van der Waals surface area contributed by atoms with E-state index in [4.69, 9.17) is 5.26 Å². The van der Waals surface area contributed by atoms with Crippen LogP contribution in [0.4, 0.5) is 0 Å². The first-order valence-electron chi connectivity index (χ1n) is 7.15. The van der Waals surface area contributed by atoms with E-state index in [-0.39, 0.29) is 6.04 Å². The standard InChI is InChI=1S/C15H21N3O2S/c1-21(19,20)17-11-15-7-2-3-8-18(15)12-14-6-4-5-13(9-14)10-16/h4-6,9,15,17H,2-3,7-8,11-12H2,1H3/t15-/m0/s1. The SMILES string of the molecule is CS(=O)(=O)NC[C@@H]1CCCCN1Cc1cccc(C#N)c1. The monoisotopic (exact) mass is 307 g/mol. The number of piperidine rings is 1. The van der Waals surface area contributed by atoms with E-state index >= 15 is 0 Å². The van der Waals surface area contributed by atoms with Gasteiger partial charge in [-0.25, -0.2) is 13.1 Å². The Kier molecular flexibility index (Phi) is 5.34. The molecule has 1 aliphatic rings. The van der Waals surface area contributed by atoms with Crippen LogP contribution in [0.25, 0.3) is 0 Å². The van der Waals surface area contributed by atoms with Gasteiger partial charge in [0.15, 0.2) is 0 Å². The van der Waals surface area contributed by atoms with Gasteiger partial charge >= 0.3 is 0 Å². The number of hydrogen-bond donors (Lipinski definition) is 1. The fraction of sp³-hybridized carbons (Fsp3) is 0.533. The van der Waals surface area contributed by atoms with Gasteiger partial charge in [-0.2, -0.15) is 5.26 Å². The minimum atomic E-state index is -3.15. The van der Waals surface area contributed by atoms with E-state index in [1.165, 1.54) is 6.26 Å². The Hall–Kier alpha value is -1.42. The van der Waals surface area contributed by atoms with Crippen molar-refractivity contribution in [1.82, 2.24) is 9.62 Å². The van der Waals surface area contributed by atoms with Crippen LogP contribution in [0.15, 0.2) is 24.3 Å². The van der Waals surface area contributed by atoms with E-state index in [1.807, 2.05) is 18.2 Å². The van der Waals surface area contributed by atoms with Gasteiger partial charge in [0.05, 0.1) is 17.9 Å². The molecule has 0 amide bonds. The summed E-state index contributed by atoms with van der Waals surface area (Å²) in [5.41, 5.74) is 1.76. The average Bonchev–Trinajstić information content (AvgIpc) is 2.46. The first kappa shape index (κ1) is 16.0. The highest BCUT2D eigenvalue weighted by Crippen LogP contribution is 2.19. The second-order valence-corrected chi connectivity index (χ2v) is 7.39. The summed E-state index contributed by atoms with van der Waals surface area (Å²) in [6.45, 7) is 2.18. The van der Waals surface area contributed by atoms with Crippen LogP contribution in [0.5, 0.6) is 0 Å². The molecule has 0 spiro atoms. The normalized spacial score (nSPS) is 20.1. The summed E-state index contributed by atoms with van der Waals surface area (Å²) in [5, 5.41) is 8.95. The number of nitrogens with one attached hydrogen (secondary N) is 1. The van der Waals surface area contributed by atoms with Crippen molar-refractivity contribution in [3.8, 4) is 6.07 Å². The Bertz CT molecular complexity index is 622. The summed E-state index contributed by atoms with van der Waals surface area (Å²) in [6.07, 6.45) is 4.45. The Morgan fingerprint density at radius 1 is 1.43 bits per heavy atom. The molecule has 1 heterocycles. The van der Waals surface area contributed by atoms with Crippen molar-refractivity contribution in [3.05, 3.63) is 35.4 Å². The van der Waals surface area contributed by atoms with Crippen LogP contribution in [0.3, 0.4) is 0 Å². The smallest absolute Gasteiger partial charge is 0.208 e. The van der Waals surface area contributed by atoms with Gasteiger partial charge in [0, 0.05) is 19.1 Å². The molecule has 0 aliphatic carbocycles. The van der Waals surface area contributed by atoms with Crippen molar-refractivity contribution >= 4 is 10.0 Å². The predicted molar refractivity (Wildman–Crippen MR) is 82.1 cm³/mol. The molecule has 1 N–H and O–H groups in total. The van der Waals surface area contributed by atoms with Crippen LogP contribution in [-0.4, -0.2) is 38.7 Å². The number of hydrogen-bond acceptors (Lipinski definition) is 4. The molecule has 6 heteroatoms. The summed E-state index contributed by atoms with van der Waals surface area (Å²) in [5.74, 6) is 0. The molecule has 0 unspecified atom stereocenters. The molecule has 0 aromatic heterocycles. The molecule has 5 nitrogen and oxygen atoms in total. The highest BCUT2D eigenvalue weighted by molar-refractivity contribution is 7.88. The largest absolute Gasteiger partial charge is 0.295 e.